The second-order valence-corrected chi connectivity index (χ2v) is 7.46. The number of hydrogen-bond donors (Lipinski definition) is 2. The maximum Gasteiger partial charge on any atom is 0.257 e. The minimum Gasteiger partial charge on any atom is -0.454 e. The van der Waals surface area contributed by atoms with E-state index in [4.69, 9.17) is 26.1 Å². The number of hydrogen-bond acceptors (Lipinski definition) is 6. The predicted molar refractivity (Wildman–Crippen MR) is 120 cm³/mol. The van der Waals surface area contributed by atoms with Gasteiger partial charge in [-0.15, -0.1) is 0 Å². The standard InChI is InChI=1S/C23H17N3O4S/c1-13-3-2-4-15(9-13)22-25-17-11-16(6-8-18(17)30-22)24-23(31)26-21(27)14-5-7-19-20(10-14)29-12-28-19/h2-11H,12H2,1H3,(H2,24,26,27,31). The van der Waals surface area contributed by atoms with Crippen molar-refractivity contribution in [3.8, 4) is 23.0 Å². The first-order valence-electron chi connectivity index (χ1n) is 9.55. The van der Waals surface area contributed by atoms with Gasteiger partial charge >= 0.3 is 0 Å². The molecule has 1 aromatic heterocycles. The number of rotatable bonds is 3. The number of anilines is 1. The molecule has 154 valence electrons. The molecule has 7 nitrogen and oxygen atoms in total. The zero-order valence-corrected chi connectivity index (χ0v) is 17.3. The lowest BCUT2D eigenvalue weighted by molar-refractivity contribution is 0.0977. The normalized spacial score (nSPS) is 12.0. The van der Waals surface area contributed by atoms with Crippen LogP contribution < -0.4 is 20.1 Å². The summed E-state index contributed by atoms with van der Waals surface area (Å²) < 4.78 is 16.4. The van der Waals surface area contributed by atoms with Crippen molar-refractivity contribution in [1.29, 1.82) is 0 Å². The molecule has 0 radical (unpaired) electrons. The van der Waals surface area contributed by atoms with E-state index in [9.17, 15) is 4.79 Å². The number of thiocarbonyl (C=S) groups is 1. The molecule has 1 aliphatic rings. The Hall–Kier alpha value is -3.91. The van der Waals surface area contributed by atoms with Gasteiger partial charge in [-0.1, -0.05) is 17.7 Å². The SMILES string of the molecule is Cc1cccc(-c2nc3cc(NC(=S)NC(=O)c4ccc5c(c4)OCO5)ccc3o2)c1. The summed E-state index contributed by atoms with van der Waals surface area (Å²) in [6.45, 7) is 2.17. The van der Waals surface area contributed by atoms with Gasteiger partial charge < -0.3 is 19.2 Å². The molecule has 1 amide bonds. The molecule has 5 rings (SSSR count). The van der Waals surface area contributed by atoms with Crippen LogP contribution in [0.4, 0.5) is 5.69 Å². The average molecular weight is 431 g/mol. The van der Waals surface area contributed by atoms with Crippen molar-refractivity contribution in [3.63, 3.8) is 0 Å². The van der Waals surface area contributed by atoms with Crippen molar-refractivity contribution in [2.75, 3.05) is 12.1 Å². The number of carbonyl (C=O) groups excluding carboxylic acids is 1. The summed E-state index contributed by atoms with van der Waals surface area (Å²) in [6.07, 6.45) is 0. The molecule has 1 aliphatic heterocycles. The minimum atomic E-state index is -0.347. The number of ether oxygens (including phenoxy) is 2. The molecule has 2 N–H and O–H groups in total. The van der Waals surface area contributed by atoms with Crippen molar-refractivity contribution in [2.24, 2.45) is 0 Å². The average Bonchev–Trinajstić information content (AvgIpc) is 3.39. The van der Waals surface area contributed by atoms with Crippen LogP contribution in [0, 0.1) is 6.92 Å². The lowest BCUT2D eigenvalue weighted by Crippen LogP contribution is -2.34. The van der Waals surface area contributed by atoms with E-state index >= 15 is 0 Å². The second kappa shape index (κ2) is 7.73. The van der Waals surface area contributed by atoms with Gasteiger partial charge in [0.05, 0.1) is 0 Å². The van der Waals surface area contributed by atoms with Crippen molar-refractivity contribution in [1.82, 2.24) is 10.3 Å². The fourth-order valence-electron chi connectivity index (χ4n) is 3.28. The Balaban J connectivity index is 1.29. The van der Waals surface area contributed by atoms with Crippen LogP contribution in [0.25, 0.3) is 22.6 Å². The minimum absolute atomic E-state index is 0.149. The highest BCUT2D eigenvalue weighted by Gasteiger charge is 2.17. The number of aromatic nitrogens is 1. The molecule has 2 heterocycles. The number of benzene rings is 3. The van der Waals surface area contributed by atoms with E-state index in [1.165, 1.54) is 0 Å². The lowest BCUT2D eigenvalue weighted by atomic mass is 10.1. The van der Waals surface area contributed by atoms with Crippen LogP contribution in [0.5, 0.6) is 11.5 Å². The predicted octanol–water partition coefficient (Wildman–Crippen LogP) is 4.66. The molecule has 0 bridgehead atoms. The molecule has 31 heavy (non-hydrogen) atoms. The topological polar surface area (TPSA) is 85.6 Å². The Morgan fingerprint density at radius 1 is 1.03 bits per heavy atom. The van der Waals surface area contributed by atoms with Crippen LogP contribution in [-0.4, -0.2) is 22.8 Å². The van der Waals surface area contributed by atoms with Gasteiger partial charge in [-0.25, -0.2) is 4.98 Å². The third-order valence-corrected chi connectivity index (χ3v) is 4.98. The number of nitrogens with one attached hydrogen (secondary N) is 2. The second-order valence-electron chi connectivity index (χ2n) is 7.05. The maximum absolute atomic E-state index is 12.5. The van der Waals surface area contributed by atoms with Crippen LogP contribution in [0.3, 0.4) is 0 Å². The zero-order chi connectivity index (χ0) is 21.4. The highest BCUT2D eigenvalue weighted by Crippen LogP contribution is 2.32. The van der Waals surface area contributed by atoms with Crippen LogP contribution >= 0.6 is 12.2 Å². The molecule has 0 fully saturated rings. The Labute approximate surface area is 183 Å². The highest BCUT2D eigenvalue weighted by molar-refractivity contribution is 7.80. The van der Waals surface area contributed by atoms with Gasteiger partial charge in [-0.05, 0) is 67.7 Å². The molecule has 0 aliphatic carbocycles. The summed E-state index contributed by atoms with van der Waals surface area (Å²) in [7, 11) is 0. The third kappa shape index (κ3) is 3.93. The number of carbonyl (C=O) groups is 1. The van der Waals surface area contributed by atoms with E-state index in [1.54, 1.807) is 18.2 Å². The van der Waals surface area contributed by atoms with Gasteiger partial charge in [-0.2, -0.15) is 0 Å². The van der Waals surface area contributed by atoms with E-state index in [0.29, 0.717) is 39.7 Å². The van der Waals surface area contributed by atoms with E-state index in [-0.39, 0.29) is 17.8 Å². The fraction of sp³-hybridized carbons (Fsp3) is 0.0870. The van der Waals surface area contributed by atoms with E-state index in [1.807, 2.05) is 49.4 Å². The molecular weight excluding hydrogens is 414 g/mol. The van der Waals surface area contributed by atoms with Crippen molar-refractivity contribution in [2.45, 2.75) is 6.92 Å². The molecule has 0 atom stereocenters. The van der Waals surface area contributed by atoms with Gasteiger partial charge in [0.1, 0.15) is 5.52 Å². The first-order chi connectivity index (χ1) is 15.0. The fourth-order valence-corrected chi connectivity index (χ4v) is 3.49. The first-order valence-corrected chi connectivity index (χ1v) is 9.95. The Kier molecular flexibility index (Phi) is 4.76. The molecule has 0 saturated heterocycles. The monoisotopic (exact) mass is 431 g/mol. The highest BCUT2D eigenvalue weighted by atomic mass is 32.1. The maximum atomic E-state index is 12.5. The lowest BCUT2D eigenvalue weighted by Gasteiger charge is -2.09. The van der Waals surface area contributed by atoms with E-state index < -0.39 is 0 Å². The summed E-state index contributed by atoms with van der Waals surface area (Å²) in [5.41, 5.74) is 4.50. The molecular formula is C23H17N3O4S. The Bertz CT molecular complexity index is 1330. The summed E-state index contributed by atoms with van der Waals surface area (Å²) in [5.74, 6) is 1.35. The smallest absolute Gasteiger partial charge is 0.257 e. The molecule has 4 aromatic rings. The van der Waals surface area contributed by atoms with Gasteiger partial charge in [0, 0.05) is 16.8 Å². The van der Waals surface area contributed by atoms with Crippen LogP contribution in [0.1, 0.15) is 15.9 Å². The van der Waals surface area contributed by atoms with Crippen LogP contribution in [0.15, 0.2) is 65.1 Å². The van der Waals surface area contributed by atoms with Gasteiger partial charge in [0.2, 0.25) is 12.7 Å². The van der Waals surface area contributed by atoms with E-state index in [0.717, 1.165) is 11.1 Å². The summed E-state index contributed by atoms with van der Waals surface area (Å²) in [5, 5.41) is 5.84. The van der Waals surface area contributed by atoms with Crippen LogP contribution in [-0.2, 0) is 0 Å². The van der Waals surface area contributed by atoms with Gasteiger partial charge in [0.15, 0.2) is 22.2 Å². The molecule has 8 heteroatoms. The van der Waals surface area contributed by atoms with Crippen molar-refractivity contribution < 1.29 is 18.7 Å². The molecule has 0 unspecified atom stereocenters. The summed E-state index contributed by atoms with van der Waals surface area (Å²) in [6, 6.07) is 18.4. The summed E-state index contributed by atoms with van der Waals surface area (Å²) >= 11 is 5.29. The first kappa shape index (κ1) is 19.1. The zero-order valence-electron chi connectivity index (χ0n) is 16.5. The number of aryl methyl sites for hydroxylation is 1. The molecule has 3 aromatic carbocycles. The van der Waals surface area contributed by atoms with Gasteiger partial charge in [0.25, 0.3) is 5.91 Å². The quantitative estimate of drug-likeness (QED) is 0.456. The van der Waals surface area contributed by atoms with Crippen LogP contribution in [0.2, 0.25) is 0 Å². The molecule has 0 saturated carbocycles. The van der Waals surface area contributed by atoms with Crippen molar-refractivity contribution in [3.05, 3.63) is 71.8 Å². The number of oxazole rings is 1. The number of nitrogens with zero attached hydrogens (tertiary/aromatic N) is 1. The third-order valence-electron chi connectivity index (χ3n) is 4.77. The largest absolute Gasteiger partial charge is 0.454 e. The van der Waals surface area contributed by atoms with Gasteiger partial charge in [-0.3, -0.25) is 10.1 Å². The number of amides is 1. The van der Waals surface area contributed by atoms with Crippen molar-refractivity contribution >= 4 is 40.0 Å². The molecule has 0 spiro atoms. The van der Waals surface area contributed by atoms with E-state index in [2.05, 4.69) is 15.6 Å². The number of fused-ring (bicyclic) bond motifs is 2. The Morgan fingerprint density at radius 3 is 2.77 bits per heavy atom. The summed E-state index contributed by atoms with van der Waals surface area (Å²) in [4.78, 5) is 17.1. The Morgan fingerprint density at radius 2 is 1.90 bits per heavy atom.